The summed E-state index contributed by atoms with van der Waals surface area (Å²) in [6.45, 7) is 22.8. The minimum Gasteiger partial charge on any atom is -0.434 e. The number of ether oxygens (including phenoxy) is 2. The second kappa shape index (κ2) is 25.4. The van der Waals surface area contributed by atoms with E-state index in [4.69, 9.17) is 17.8 Å². The molecule has 0 aliphatic heterocycles. The Labute approximate surface area is 387 Å². The molecule has 0 bridgehead atoms. The molecule has 0 saturated carbocycles. The molecule has 0 aromatic heterocycles. The topological polar surface area (TPSA) is 71.1 Å². The summed E-state index contributed by atoms with van der Waals surface area (Å²) in [5, 5.41) is 3.78. The second-order valence-corrected chi connectivity index (χ2v) is 19.4. The molecule has 0 unspecified atom stereocenters. The highest BCUT2D eigenvalue weighted by Gasteiger charge is 2.23. The van der Waals surface area contributed by atoms with E-state index < -0.39 is 11.9 Å². The third kappa shape index (κ3) is 13.7. The fourth-order valence-corrected chi connectivity index (χ4v) is 11.1. The van der Waals surface area contributed by atoms with Crippen molar-refractivity contribution < 1.29 is 27.4 Å². The smallest absolute Gasteiger partial charge is 0.335 e. The molecule has 4 aromatic rings. The Morgan fingerprint density at radius 2 is 1.00 bits per heavy atom. The normalized spacial score (nSPS) is 10.9. The van der Waals surface area contributed by atoms with E-state index in [-0.39, 0.29) is 13.6 Å². The van der Waals surface area contributed by atoms with Gasteiger partial charge in [-0.15, -0.1) is 0 Å². The van der Waals surface area contributed by atoms with Crippen molar-refractivity contribution in [2.24, 2.45) is 0 Å². The lowest BCUT2D eigenvalue weighted by Crippen LogP contribution is -2.06. The van der Waals surface area contributed by atoms with Crippen LogP contribution in [0.4, 0.5) is 0 Å². The van der Waals surface area contributed by atoms with Crippen molar-refractivity contribution in [2.75, 3.05) is 13.6 Å². The second-order valence-electron chi connectivity index (χ2n) is 13.0. The Morgan fingerprint density at radius 1 is 0.610 bits per heavy atom. The minimum absolute atomic E-state index is 0.212. The summed E-state index contributed by atoms with van der Waals surface area (Å²) >= 11 is 14.9. The fourth-order valence-electron chi connectivity index (χ4n) is 5.75. The number of halogens is 2. The van der Waals surface area contributed by atoms with Gasteiger partial charge >= 0.3 is 11.9 Å². The van der Waals surface area contributed by atoms with Crippen LogP contribution in [0.1, 0.15) is 64.5 Å². The van der Waals surface area contributed by atoms with Gasteiger partial charge in [0, 0.05) is 63.8 Å². The van der Waals surface area contributed by atoms with Crippen LogP contribution in [0.25, 0.3) is 22.3 Å². The number of hydrogen-bond donors (Lipinski definition) is 0. The Hall–Kier alpha value is -2.59. The van der Waals surface area contributed by atoms with Crippen LogP contribution in [0.3, 0.4) is 0 Å². The van der Waals surface area contributed by atoms with Crippen molar-refractivity contribution in [1.82, 2.24) is 0 Å². The summed E-state index contributed by atoms with van der Waals surface area (Å²) < 4.78 is 23.7. The van der Waals surface area contributed by atoms with Gasteiger partial charge in [0.25, 0.3) is 0 Å². The molecule has 4 aromatic carbocycles. The van der Waals surface area contributed by atoms with E-state index >= 15 is 0 Å². The summed E-state index contributed by atoms with van der Waals surface area (Å²) in [6.07, 6.45) is 5.93. The van der Waals surface area contributed by atoms with Gasteiger partial charge in [0.15, 0.2) is 0 Å². The van der Waals surface area contributed by atoms with Crippen LogP contribution in [0, 0.1) is 0 Å². The SMILES string of the molecule is C=CSc1c(-c2cccc(Br)c2SOCOC(=O)C(=C)C)ccc(Sc2ccc(-c3cccc(Br)c3SOCOC(=O)C(=C)C)c(SC=C)c2CCCC)c1CCCC. The predicted octanol–water partition coefficient (Wildman–Crippen LogP) is 16.1. The van der Waals surface area contributed by atoms with Crippen LogP contribution in [0.15, 0.2) is 147 Å². The van der Waals surface area contributed by atoms with Crippen LogP contribution >= 0.6 is 91.2 Å². The number of carbonyl (C=O) groups is 2. The lowest BCUT2D eigenvalue weighted by molar-refractivity contribution is -0.145. The minimum atomic E-state index is -0.499. The molecule has 0 radical (unpaired) electrons. The number of esters is 2. The molecule has 0 heterocycles. The zero-order chi connectivity index (χ0) is 42.9. The monoisotopic (exact) mass is 1010 g/mol. The molecule has 0 amide bonds. The molecule has 59 heavy (non-hydrogen) atoms. The van der Waals surface area contributed by atoms with Gasteiger partial charge in [0.1, 0.15) is 0 Å². The molecule has 0 aliphatic carbocycles. The highest BCUT2D eigenvalue weighted by molar-refractivity contribution is 9.10. The summed E-state index contributed by atoms with van der Waals surface area (Å²) in [5.74, 6) is -0.998. The molecule has 0 spiro atoms. The fraction of sp³-hybridized carbons (Fsp3) is 0.261. The molecule has 4 rings (SSSR count). The maximum Gasteiger partial charge on any atom is 0.335 e. The largest absolute Gasteiger partial charge is 0.434 e. The number of rotatable bonds is 24. The van der Waals surface area contributed by atoms with E-state index in [1.54, 1.807) is 49.1 Å². The molecule has 0 atom stereocenters. The van der Waals surface area contributed by atoms with Gasteiger partial charge in [-0.2, -0.15) is 0 Å². The third-order valence-corrected chi connectivity index (χ3v) is 15.0. The number of unbranched alkanes of at least 4 members (excludes halogenated alkanes) is 2. The number of hydrogen-bond acceptors (Lipinski definition) is 11. The Bertz CT molecular complexity index is 2020. The van der Waals surface area contributed by atoms with Gasteiger partial charge in [-0.25, -0.2) is 9.59 Å². The van der Waals surface area contributed by atoms with Crippen molar-refractivity contribution in [2.45, 2.75) is 95.6 Å². The van der Waals surface area contributed by atoms with Crippen molar-refractivity contribution in [3.8, 4) is 22.3 Å². The Kier molecular flexibility index (Phi) is 21.1. The van der Waals surface area contributed by atoms with Gasteiger partial charge in [0.2, 0.25) is 13.6 Å². The first-order chi connectivity index (χ1) is 28.5. The average Bonchev–Trinajstić information content (AvgIpc) is 3.21. The van der Waals surface area contributed by atoms with Crippen LogP contribution in [0.2, 0.25) is 0 Å². The number of benzene rings is 4. The van der Waals surface area contributed by atoms with E-state index in [1.165, 1.54) is 20.9 Å². The van der Waals surface area contributed by atoms with E-state index in [2.05, 4.69) is 108 Å². The quantitative estimate of drug-likeness (QED) is 0.0168. The lowest BCUT2D eigenvalue weighted by atomic mass is 9.99. The molecule has 0 saturated heterocycles. The highest BCUT2D eigenvalue weighted by Crippen LogP contribution is 2.49. The van der Waals surface area contributed by atoms with E-state index in [0.717, 1.165) is 113 Å². The molecular weight excluding hydrogens is 969 g/mol. The van der Waals surface area contributed by atoms with Gasteiger partial charge in [0.05, 0.1) is 9.79 Å². The van der Waals surface area contributed by atoms with Gasteiger partial charge in [-0.1, -0.05) is 125 Å². The van der Waals surface area contributed by atoms with Gasteiger partial charge in [-0.3, -0.25) is 8.37 Å². The van der Waals surface area contributed by atoms with Crippen LogP contribution in [0.5, 0.6) is 0 Å². The lowest BCUT2D eigenvalue weighted by Gasteiger charge is -2.22. The Morgan fingerprint density at radius 3 is 1.36 bits per heavy atom. The van der Waals surface area contributed by atoms with E-state index in [0.29, 0.717) is 11.1 Å². The summed E-state index contributed by atoms with van der Waals surface area (Å²) in [6, 6.07) is 21.0. The molecule has 0 N–H and O–H groups in total. The average molecular weight is 1020 g/mol. The van der Waals surface area contributed by atoms with Crippen molar-refractivity contribution in [3.05, 3.63) is 129 Å². The van der Waals surface area contributed by atoms with Crippen LogP contribution < -0.4 is 0 Å². The maximum atomic E-state index is 12.0. The maximum absolute atomic E-state index is 12.0. The number of carbonyl (C=O) groups excluding carboxylic acids is 2. The van der Waals surface area contributed by atoms with E-state index in [9.17, 15) is 9.59 Å². The highest BCUT2D eigenvalue weighted by atomic mass is 79.9. The molecule has 6 nitrogen and oxygen atoms in total. The van der Waals surface area contributed by atoms with Crippen molar-refractivity contribution >= 4 is 103 Å². The first kappa shape index (κ1) is 49.1. The van der Waals surface area contributed by atoms with Crippen molar-refractivity contribution in [1.29, 1.82) is 0 Å². The van der Waals surface area contributed by atoms with Crippen molar-refractivity contribution in [3.63, 3.8) is 0 Å². The van der Waals surface area contributed by atoms with Crippen LogP contribution in [-0.2, 0) is 40.3 Å². The van der Waals surface area contributed by atoms with E-state index in [1.807, 2.05) is 35.1 Å². The number of thioether (sulfide) groups is 2. The third-order valence-electron chi connectivity index (χ3n) is 8.59. The van der Waals surface area contributed by atoms with Crippen LogP contribution in [-0.4, -0.2) is 25.5 Å². The van der Waals surface area contributed by atoms with Gasteiger partial charge in [-0.05, 0) is 140 Å². The first-order valence-electron chi connectivity index (χ1n) is 18.8. The predicted molar refractivity (Wildman–Crippen MR) is 258 cm³/mol. The summed E-state index contributed by atoms with van der Waals surface area (Å²) in [7, 11) is 0. The molecule has 0 fully saturated rings. The molecule has 0 aliphatic rings. The molecular formula is C46H48Br2O6S5. The molecule has 13 heteroatoms. The Balaban J connectivity index is 1.82. The summed E-state index contributed by atoms with van der Waals surface area (Å²) in [5.41, 5.74) is 7.28. The first-order valence-corrected chi connectivity index (χ1v) is 24.5. The zero-order valence-electron chi connectivity index (χ0n) is 33.7. The summed E-state index contributed by atoms with van der Waals surface area (Å²) in [4.78, 5) is 30.3. The zero-order valence-corrected chi connectivity index (χ0v) is 40.9. The standard InChI is InChI=1S/C46H48Br2O6S5/c1-9-13-17-35-39(25-23-33(41(35)55-11-3)31-19-15-21-37(47)43(31)58-53-27-51-45(49)29(5)6)57-40-26-24-34(42(56-12-4)36(40)18-14-10-2)32-20-16-22-38(48)44(32)59-54-28-52-46(50)30(7)8/h11-12,15-16,19-26H,3-5,7,9-10,13-14,17-18,27-28H2,1-2,6,8H3. The molecule has 312 valence electrons. The van der Waals surface area contributed by atoms with Gasteiger partial charge < -0.3 is 9.47 Å².